The minimum Gasteiger partial charge on any atom is -0.463 e. The summed E-state index contributed by atoms with van der Waals surface area (Å²) in [6.07, 6.45) is 0.525. The fourth-order valence-electron chi connectivity index (χ4n) is 4.10. The van der Waals surface area contributed by atoms with Crippen molar-refractivity contribution in [2.75, 3.05) is 45.9 Å². The van der Waals surface area contributed by atoms with E-state index >= 15 is 0 Å². The number of nitrogens with one attached hydrogen (secondary N) is 2. The first-order chi connectivity index (χ1) is 14.9. The molecule has 2 aliphatic rings. The third-order valence-electron chi connectivity index (χ3n) is 5.78. The van der Waals surface area contributed by atoms with E-state index in [9.17, 15) is 9.59 Å². The Balaban J connectivity index is 1.88. The standard InChI is InChI=1S/C23H31N5O3/c1-4-31-22(29)20-19(15-28-12-10-27(11-13-28)9-5-8-24)25-23(30)26-21(20)18-14-16(2)6-7-17(18)3/h6-7,14,21H,4-5,9-13,15H2,1-3H3,(H2,25,26,30). The SMILES string of the molecule is CCOC(=O)C1=C(CN2CCN(CCC#N)CC2)NC(=O)NC1c1cc(C)ccc1C. The van der Waals surface area contributed by atoms with Crippen LogP contribution in [0.2, 0.25) is 0 Å². The molecule has 0 saturated carbocycles. The maximum Gasteiger partial charge on any atom is 0.338 e. The zero-order valence-electron chi connectivity index (χ0n) is 18.5. The predicted octanol–water partition coefficient (Wildman–Crippen LogP) is 2.01. The van der Waals surface area contributed by atoms with Crippen LogP contribution in [0.5, 0.6) is 0 Å². The largest absolute Gasteiger partial charge is 0.463 e. The van der Waals surface area contributed by atoms with E-state index in [1.807, 2.05) is 32.0 Å². The van der Waals surface area contributed by atoms with Gasteiger partial charge < -0.3 is 15.4 Å². The molecule has 0 aromatic heterocycles. The van der Waals surface area contributed by atoms with E-state index in [1.54, 1.807) is 6.92 Å². The fraction of sp³-hybridized carbons (Fsp3) is 0.522. The minimum absolute atomic E-state index is 0.265. The minimum atomic E-state index is -0.556. The van der Waals surface area contributed by atoms with Gasteiger partial charge in [-0.05, 0) is 31.9 Å². The molecule has 1 fully saturated rings. The van der Waals surface area contributed by atoms with Crippen molar-refractivity contribution in [2.45, 2.75) is 33.2 Å². The summed E-state index contributed by atoms with van der Waals surface area (Å²) in [7, 11) is 0. The molecule has 1 unspecified atom stereocenters. The summed E-state index contributed by atoms with van der Waals surface area (Å²) in [4.78, 5) is 30.0. The number of carbonyl (C=O) groups is 2. The Morgan fingerprint density at radius 3 is 2.61 bits per heavy atom. The average molecular weight is 426 g/mol. The second kappa shape index (κ2) is 10.4. The quantitative estimate of drug-likeness (QED) is 0.649. The lowest BCUT2D eigenvalue weighted by Gasteiger charge is -2.37. The van der Waals surface area contributed by atoms with Crippen molar-refractivity contribution in [2.24, 2.45) is 0 Å². The zero-order chi connectivity index (χ0) is 22.4. The van der Waals surface area contributed by atoms with Gasteiger partial charge in [-0.1, -0.05) is 23.8 Å². The van der Waals surface area contributed by atoms with Gasteiger partial charge in [-0.25, -0.2) is 9.59 Å². The first kappa shape index (κ1) is 22.8. The van der Waals surface area contributed by atoms with Gasteiger partial charge in [0.2, 0.25) is 0 Å². The van der Waals surface area contributed by atoms with Gasteiger partial charge in [0.25, 0.3) is 0 Å². The zero-order valence-corrected chi connectivity index (χ0v) is 18.5. The van der Waals surface area contributed by atoms with E-state index in [4.69, 9.17) is 10.00 Å². The fourth-order valence-corrected chi connectivity index (χ4v) is 4.10. The first-order valence-electron chi connectivity index (χ1n) is 10.8. The van der Waals surface area contributed by atoms with Crippen molar-refractivity contribution in [3.63, 3.8) is 0 Å². The van der Waals surface area contributed by atoms with Crippen LogP contribution in [0.1, 0.15) is 36.1 Å². The Bertz CT molecular complexity index is 897. The van der Waals surface area contributed by atoms with E-state index in [-0.39, 0.29) is 12.6 Å². The summed E-state index contributed by atoms with van der Waals surface area (Å²) < 4.78 is 5.37. The second-order valence-electron chi connectivity index (χ2n) is 8.03. The highest BCUT2D eigenvalue weighted by Crippen LogP contribution is 2.31. The number of urea groups is 1. The average Bonchev–Trinajstić information content (AvgIpc) is 2.74. The molecule has 1 aromatic carbocycles. The van der Waals surface area contributed by atoms with Gasteiger partial charge in [0.05, 0.1) is 24.3 Å². The monoisotopic (exact) mass is 425 g/mol. The van der Waals surface area contributed by atoms with Crippen molar-refractivity contribution in [1.82, 2.24) is 20.4 Å². The molecule has 0 aliphatic carbocycles. The molecule has 3 rings (SSSR count). The van der Waals surface area contributed by atoms with E-state index in [2.05, 4.69) is 26.5 Å². The van der Waals surface area contributed by atoms with Crippen LogP contribution in [0.15, 0.2) is 29.5 Å². The Kier molecular flexibility index (Phi) is 7.66. The number of nitrogens with zero attached hydrogens (tertiary/aromatic N) is 3. The number of aryl methyl sites for hydroxylation is 2. The smallest absolute Gasteiger partial charge is 0.338 e. The molecule has 2 N–H and O–H groups in total. The van der Waals surface area contributed by atoms with Gasteiger partial charge in [-0.2, -0.15) is 5.26 Å². The Morgan fingerprint density at radius 1 is 1.23 bits per heavy atom. The Morgan fingerprint density at radius 2 is 1.94 bits per heavy atom. The number of hydrogen-bond donors (Lipinski definition) is 2. The highest BCUT2D eigenvalue weighted by molar-refractivity contribution is 5.95. The Hall–Kier alpha value is -2.89. The van der Waals surface area contributed by atoms with Crippen LogP contribution >= 0.6 is 0 Å². The van der Waals surface area contributed by atoms with Crippen LogP contribution in [-0.2, 0) is 9.53 Å². The first-order valence-corrected chi connectivity index (χ1v) is 10.8. The molecule has 166 valence electrons. The highest BCUT2D eigenvalue weighted by Gasteiger charge is 2.35. The second-order valence-corrected chi connectivity index (χ2v) is 8.03. The Labute approximate surface area is 183 Å². The molecule has 0 bridgehead atoms. The van der Waals surface area contributed by atoms with E-state index in [1.165, 1.54) is 0 Å². The summed E-state index contributed by atoms with van der Waals surface area (Å²) in [6.45, 7) is 10.6. The van der Waals surface area contributed by atoms with Crippen LogP contribution in [0.3, 0.4) is 0 Å². The van der Waals surface area contributed by atoms with Gasteiger partial charge >= 0.3 is 12.0 Å². The molecular formula is C23H31N5O3. The van der Waals surface area contributed by atoms with Crippen molar-refractivity contribution in [3.8, 4) is 6.07 Å². The van der Waals surface area contributed by atoms with E-state index in [0.29, 0.717) is 24.2 Å². The maximum absolute atomic E-state index is 13.0. The summed E-state index contributed by atoms with van der Waals surface area (Å²) in [5.41, 5.74) is 4.02. The summed E-state index contributed by atoms with van der Waals surface area (Å²) in [5, 5.41) is 14.6. The molecule has 8 heteroatoms. The van der Waals surface area contributed by atoms with Crippen molar-refractivity contribution >= 4 is 12.0 Å². The van der Waals surface area contributed by atoms with Gasteiger partial charge in [0.15, 0.2) is 0 Å². The number of amides is 2. The molecule has 2 amide bonds. The summed E-state index contributed by atoms with van der Waals surface area (Å²) in [5.74, 6) is -0.413. The van der Waals surface area contributed by atoms with Gasteiger partial charge in [0, 0.05) is 51.4 Å². The predicted molar refractivity (Wildman–Crippen MR) is 117 cm³/mol. The van der Waals surface area contributed by atoms with E-state index in [0.717, 1.165) is 49.4 Å². The molecule has 1 saturated heterocycles. The number of rotatable bonds is 7. The number of carbonyl (C=O) groups excluding carboxylic acids is 2. The normalized spacial score (nSPS) is 20.1. The molecule has 31 heavy (non-hydrogen) atoms. The number of ether oxygens (including phenoxy) is 1. The molecule has 2 aliphatic heterocycles. The molecule has 8 nitrogen and oxygen atoms in total. The number of nitriles is 1. The van der Waals surface area contributed by atoms with E-state index < -0.39 is 12.0 Å². The number of esters is 1. The van der Waals surface area contributed by atoms with Crippen molar-refractivity contribution in [3.05, 3.63) is 46.2 Å². The van der Waals surface area contributed by atoms with Crippen LogP contribution in [0.25, 0.3) is 0 Å². The third kappa shape index (κ3) is 5.63. The van der Waals surface area contributed by atoms with Crippen LogP contribution < -0.4 is 10.6 Å². The lowest BCUT2D eigenvalue weighted by Crippen LogP contribution is -2.51. The number of piperazine rings is 1. The lowest BCUT2D eigenvalue weighted by atomic mass is 9.91. The van der Waals surface area contributed by atoms with Gasteiger partial charge in [-0.15, -0.1) is 0 Å². The number of benzene rings is 1. The maximum atomic E-state index is 13.0. The van der Waals surface area contributed by atoms with Crippen molar-refractivity contribution in [1.29, 1.82) is 5.26 Å². The summed E-state index contributed by atoms with van der Waals surface area (Å²) in [6, 6.07) is 7.34. The number of hydrogen-bond acceptors (Lipinski definition) is 6. The molecule has 1 atom stereocenters. The van der Waals surface area contributed by atoms with Crippen LogP contribution in [0, 0.1) is 25.2 Å². The van der Waals surface area contributed by atoms with Gasteiger partial charge in [0.1, 0.15) is 0 Å². The lowest BCUT2D eigenvalue weighted by molar-refractivity contribution is -0.139. The molecule has 0 spiro atoms. The highest BCUT2D eigenvalue weighted by atomic mass is 16.5. The van der Waals surface area contributed by atoms with Crippen LogP contribution in [0.4, 0.5) is 4.79 Å². The molecule has 1 aromatic rings. The molecule has 0 radical (unpaired) electrons. The topological polar surface area (TPSA) is 97.7 Å². The van der Waals surface area contributed by atoms with Gasteiger partial charge in [-0.3, -0.25) is 9.80 Å². The summed E-state index contributed by atoms with van der Waals surface area (Å²) >= 11 is 0. The molecule has 2 heterocycles. The third-order valence-corrected chi connectivity index (χ3v) is 5.78. The van der Waals surface area contributed by atoms with Crippen LogP contribution in [-0.4, -0.2) is 67.7 Å². The van der Waals surface area contributed by atoms with Crippen molar-refractivity contribution < 1.29 is 14.3 Å². The molecular weight excluding hydrogens is 394 g/mol.